The number of anilines is 1. The van der Waals surface area contributed by atoms with Crippen LogP contribution in [0.5, 0.6) is 0 Å². The number of nitrogens with zero attached hydrogens (tertiary/aromatic N) is 4. The number of rotatable bonds is 6. The van der Waals surface area contributed by atoms with E-state index in [-0.39, 0.29) is 41.4 Å². The van der Waals surface area contributed by atoms with Crippen LogP contribution in [-0.4, -0.2) is 68.1 Å². The average molecular weight is 485 g/mol. The van der Waals surface area contributed by atoms with E-state index in [4.69, 9.17) is 0 Å². The van der Waals surface area contributed by atoms with Crippen LogP contribution in [0.4, 0.5) is 11.4 Å². The summed E-state index contributed by atoms with van der Waals surface area (Å²) in [5.74, 6) is -0.0299. The quantitative estimate of drug-likeness (QED) is 0.353. The Morgan fingerprint density at radius 1 is 1.09 bits per heavy atom. The van der Waals surface area contributed by atoms with Crippen molar-refractivity contribution in [3.63, 3.8) is 0 Å². The van der Waals surface area contributed by atoms with Crippen molar-refractivity contribution in [1.29, 1.82) is 0 Å². The number of fused-ring (bicyclic) bond motifs is 1. The zero-order valence-electron chi connectivity index (χ0n) is 19.5. The Balaban J connectivity index is 1.41. The van der Waals surface area contributed by atoms with Crippen molar-refractivity contribution >= 4 is 27.2 Å². The molecule has 0 bridgehead atoms. The fourth-order valence-electron chi connectivity index (χ4n) is 4.71. The highest BCUT2D eigenvalue weighted by molar-refractivity contribution is 7.89. The van der Waals surface area contributed by atoms with Crippen molar-refractivity contribution in [2.45, 2.75) is 24.2 Å². The van der Waals surface area contributed by atoms with Crippen LogP contribution in [0.25, 0.3) is 0 Å². The maximum Gasteiger partial charge on any atom is 0.270 e. The number of sulfonamides is 1. The van der Waals surface area contributed by atoms with Gasteiger partial charge in [0.05, 0.1) is 16.4 Å². The molecule has 0 N–H and O–H groups in total. The largest absolute Gasteiger partial charge is 0.347 e. The van der Waals surface area contributed by atoms with Crippen LogP contribution in [0.15, 0.2) is 65.2 Å². The number of carbonyl (C=O) groups is 1. The summed E-state index contributed by atoms with van der Waals surface area (Å²) in [4.78, 5) is 27.2. The van der Waals surface area contributed by atoms with Gasteiger partial charge in [-0.1, -0.05) is 38.1 Å². The molecule has 2 aromatic carbocycles. The van der Waals surface area contributed by atoms with E-state index in [2.05, 4.69) is 24.8 Å². The molecule has 10 heteroatoms. The average Bonchev–Trinajstić information content (AvgIpc) is 3.00. The van der Waals surface area contributed by atoms with Crippen molar-refractivity contribution in [1.82, 2.24) is 9.21 Å². The van der Waals surface area contributed by atoms with E-state index in [1.54, 1.807) is 6.08 Å². The molecule has 2 heterocycles. The third-order valence-corrected chi connectivity index (χ3v) is 8.51. The topological polar surface area (TPSA) is 104 Å². The predicted octanol–water partition coefficient (Wildman–Crippen LogP) is 2.78. The molecule has 1 fully saturated rings. The second kappa shape index (κ2) is 8.94. The molecule has 0 unspecified atom stereocenters. The summed E-state index contributed by atoms with van der Waals surface area (Å²) in [5.41, 5.74) is 2.65. The fourth-order valence-corrected chi connectivity index (χ4v) is 6.17. The number of benzene rings is 2. The van der Waals surface area contributed by atoms with Gasteiger partial charge < -0.3 is 4.90 Å². The number of hydrogen-bond donors (Lipinski definition) is 0. The van der Waals surface area contributed by atoms with Crippen molar-refractivity contribution < 1.29 is 18.1 Å². The zero-order chi connectivity index (χ0) is 24.7. The SMILES string of the molecule is CN1/C(=C\C(=O)CN2CCN(S(=O)(=O)c3cccc([N+](=O)[O-])c3)CC2)C(C)(C)c2ccccc21. The number of hydrogen-bond acceptors (Lipinski definition) is 7. The normalized spacial score (nSPS) is 19.9. The molecule has 0 atom stereocenters. The van der Waals surface area contributed by atoms with Gasteiger partial charge in [-0.3, -0.25) is 19.8 Å². The molecular formula is C24H28N4O5S. The number of nitro groups is 1. The predicted molar refractivity (Wildman–Crippen MR) is 129 cm³/mol. The summed E-state index contributed by atoms with van der Waals surface area (Å²) in [7, 11) is -1.88. The maximum absolute atomic E-state index is 12.9. The highest BCUT2D eigenvalue weighted by Gasteiger charge is 2.38. The van der Waals surface area contributed by atoms with E-state index in [1.807, 2.05) is 30.1 Å². The van der Waals surface area contributed by atoms with E-state index in [9.17, 15) is 23.3 Å². The number of ketones is 1. The van der Waals surface area contributed by atoms with Gasteiger partial charge in [0.1, 0.15) is 0 Å². The van der Waals surface area contributed by atoms with Gasteiger partial charge in [0.2, 0.25) is 10.0 Å². The van der Waals surface area contributed by atoms with Gasteiger partial charge in [0.15, 0.2) is 5.78 Å². The third-order valence-electron chi connectivity index (χ3n) is 6.62. The highest BCUT2D eigenvalue weighted by Crippen LogP contribution is 2.46. The lowest BCUT2D eigenvalue weighted by Gasteiger charge is -2.33. The van der Waals surface area contributed by atoms with Gasteiger partial charge in [-0.05, 0) is 17.7 Å². The van der Waals surface area contributed by atoms with Crippen LogP contribution >= 0.6 is 0 Å². The van der Waals surface area contributed by atoms with Crippen LogP contribution in [0, 0.1) is 10.1 Å². The minimum Gasteiger partial charge on any atom is -0.347 e. The molecule has 34 heavy (non-hydrogen) atoms. The molecule has 2 aromatic rings. The second-order valence-electron chi connectivity index (χ2n) is 9.13. The number of piperazine rings is 1. The van der Waals surface area contributed by atoms with Gasteiger partial charge in [0, 0.05) is 68.2 Å². The van der Waals surface area contributed by atoms with Crippen LogP contribution in [-0.2, 0) is 20.2 Å². The first-order valence-corrected chi connectivity index (χ1v) is 12.5. The number of allylic oxidation sites excluding steroid dienone is 1. The minimum atomic E-state index is -3.84. The molecule has 0 amide bonds. The first-order valence-electron chi connectivity index (χ1n) is 11.1. The molecule has 0 saturated carbocycles. The molecule has 0 radical (unpaired) electrons. The molecule has 2 aliphatic rings. The Hall–Kier alpha value is -3.08. The van der Waals surface area contributed by atoms with Crippen LogP contribution in [0.3, 0.4) is 0 Å². The summed E-state index contributed by atoms with van der Waals surface area (Å²) in [6, 6.07) is 13.2. The molecular weight excluding hydrogens is 456 g/mol. The van der Waals surface area contributed by atoms with Gasteiger partial charge in [-0.25, -0.2) is 8.42 Å². The highest BCUT2D eigenvalue weighted by atomic mass is 32.2. The zero-order valence-corrected chi connectivity index (χ0v) is 20.3. The van der Waals surface area contributed by atoms with Crippen molar-refractivity contribution in [3.05, 3.63) is 76.0 Å². The number of para-hydroxylation sites is 1. The Kier molecular flexibility index (Phi) is 6.32. The van der Waals surface area contributed by atoms with E-state index in [1.165, 1.54) is 28.1 Å². The summed E-state index contributed by atoms with van der Waals surface area (Å²) in [6.07, 6.45) is 1.70. The molecule has 4 rings (SSSR count). The lowest BCUT2D eigenvalue weighted by Crippen LogP contribution is -2.49. The van der Waals surface area contributed by atoms with Crippen LogP contribution in [0.2, 0.25) is 0 Å². The third kappa shape index (κ3) is 4.36. The van der Waals surface area contributed by atoms with Gasteiger partial charge in [-0.2, -0.15) is 4.31 Å². The lowest BCUT2D eigenvalue weighted by atomic mass is 9.83. The number of non-ortho nitro benzene ring substituents is 1. The Bertz CT molecular complexity index is 1260. The van der Waals surface area contributed by atoms with Crippen molar-refractivity contribution in [2.75, 3.05) is 44.7 Å². The molecule has 1 saturated heterocycles. The summed E-state index contributed by atoms with van der Waals surface area (Å²) in [5, 5.41) is 11.0. The van der Waals surface area contributed by atoms with E-state index in [0.29, 0.717) is 13.1 Å². The lowest BCUT2D eigenvalue weighted by molar-refractivity contribution is -0.385. The maximum atomic E-state index is 12.9. The van der Waals surface area contributed by atoms with E-state index < -0.39 is 14.9 Å². The summed E-state index contributed by atoms with van der Waals surface area (Å²) >= 11 is 0. The Morgan fingerprint density at radius 2 is 1.76 bits per heavy atom. The molecule has 9 nitrogen and oxygen atoms in total. The van der Waals surface area contributed by atoms with Gasteiger partial charge in [-0.15, -0.1) is 0 Å². The molecule has 0 aliphatic carbocycles. The Morgan fingerprint density at radius 3 is 2.41 bits per heavy atom. The minimum absolute atomic E-state index is 0.0299. The van der Waals surface area contributed by atoms with E-state index >= 15 is 0 Å². The summed E-state index contributed by atoms with van der Waals surface area (Å²) < 4.78 is 27.2. The Labute approximate surface area is 199 Å². The van der Waals surface area contributed by atoms with Gasteiger partial charge in [0.25, 0.3) is 5.69 Å². The smallest absolute Gasteiger partial charge is 0.270 e. The van der Waals surface area contributed by atoms with Crippen LogP contribution in [0.1, 0.15) is 19.4 Å². The van der Waals surface area contributed by atoms with Crippen molar-refractivity contribution in [2.24, 2.45) is 0 Å². The molecule has 0 spiro atoms. The number of nitro benzene ring substituents is 1. The van der Waals surface area contributed by atoms with Crippen LogP contribution < -0.4 is 4.90 Å². The first-order chi connectivity index (χ1) is 16.0. The standard InChI is InChI=1S/C24H28N4O5S/c1-24(2)21-9-4-5-10-22(21)25(3)23(24)16-19(29)17-26-11-13-27(14-12-26)34(32,33)20-8-6-7-18(15-20)28(30)31/h4-10,15-16H,11-14,17H2,1-3H3/b23-16-. The van der Waals surface area contributed by atoms with Crippen molar-refractivity contribution in [3.8, 4) is 0 Å². The van der Waals surface area contributed by atoms with E-state index in [0.717, 1.165) is 17.5 Å². The monoisotopic (exact) mass is 484 g/mol. The summed E-state index contributed by atoms with van der Waals surface area (Å²) in [6.45, 7) is 5.65. The fraction of sp³-hybridized carbons (Fsp3) is 0.375. The molecule has 2 aliphatic heterocycles. The first kappa shape index (κ1) is 24.1. The second-order valence-corrected chi connectivity index (χ2v) is 11.1. The molecule has 180 valence electrons. The van der Waals surface area contributed by atoms with Gasteiger partial charge >= 0.3 is 0 Å². The number of carbonyl (C=O) groups excluding carboxylic acids is 1. The molecule has 0 aromatic heterocycles. The number of likely N-dealkylation sites (N-methyl/N-ethyl adjacent to an activating group) is 1.